The molecular formula is C17H17NO3S. The second kappa shape index (κ2) is 4.89. The zero-order chi connectivity index (χ0) is 15.3. The fraction of sp³-hybridized carbons (Fsp3) is 0.412. The topological polar surface area (TPSA) is 59.4 Å². The summed E-state index contributed by atoms with van der Waals surface area (Å²) in [6.45, 7) is 2.83. The Kier molecular flexibility index (Phi) is 3.09. The summed E-state index contributed by atoms with van der Waals surface area (Å²) in [6.07, 6.45) is 5.02. The molecular weight excluding hydrogens is 298 g/mol. The maximum Gasteiger partial charge on any atom is 0.335 e. The summed E-state index contributed by atoms with van der Waals surface area (Å²) in [5, 5.41) is 10.3. The second-order valence-corrected chi connectivity index (χ2v) is 7.43. The molecule has 0 bridgehead atoms. The van der Waals surface area contributed by atoms with Gasteiger partial charge in [0.1, 0.15) is 5.01 Å². The standard InChI is InChI=1S/C17H17NO3S/c1-10-9-18-15(22-10)12-5-11(6-13(7-12)16(19)20)14-8-17(14)3-2-4-21-17/h5-7,9,14H,2-4,8H2,1H3,(H,19,20). The van der Waals surface area contributed by atoms with Crippen molar-refractivity contribution in [3.8, 4) is 10.6 Å². The Morgan fingerprint density at radius 2 is 2.32 bits per heavy atom. The van der Waals surface area contributed by atoms with Crippen LogP contribution < -0.4 is 0 Å². The molecule has 4 rings (SSSR count). The van der Waals surface area contributed by atoms with Crippen LogP contribution in [-0.2, 0) is 4.74 Å². The minimum absolute atomic E-state index is 0.0206. The number of aryl methyl sites for hydroxylation is 1. The van der Waals surface area contributed by atoms with Gasteiger partial charge >= 0.3 is 5.97 Å². The summed E-state index contributed by atoms with van der Waals surface area (Å²) in [4.78, 5) is 17.0. The molecule has 1 saturated heterocycles. The van der Waals surface area contributed by atoms with E-state index >= 15 is 0 Å². The van der Waals surface area contributed by atoms with Crippen molar-refractivity contribution in [1.29, 1.82) is 0 Å². The molecule has 1 N–H and O–H groups in total. The van der Waals surface area contributed by atoms with Gasteiger partial charge in [0.05, 0.1) is 11.2 Å². The zero-order valence-electron chi connectivity index (χ0n) is 12.3. The lowest BCUT2D eigenvalue weighted by molar-refractivity contribution is 0.0696. The predicted octanol–water partition coefficient (Wildman–Crippen LogP) is 3.85. The molecule has 1 aromatic heterocycles. The fourth-order valence-electron chi connectivity index (χ4n) is 3.45. The molecule has 114 valence electrons. The van der Waals surface area contributed by atoms with Gasteiger partial charge in [-0.3, -0.25) is 0 Å². The van der Waals surface area contributed by atoms with Gasteiger partial charge < -0.3 is 9.84 Å². The fourth-order valence-corrected chi connectivity index (χ4v) is 4.20. The van der Waals surface area contributed by atoms with Gasteiger partial charge in [-0.25, -0.2) is 9.78 Å². The summed E-state index contributed by atoms with van der Waals surface area (Å²) in [5.74, 6) is -0.562. The number of carbonyl (C=O) groups is 1. The van der Waals surface area contributed by atoms with Crippen LogP contribution in [0.3, 0.4) is 0 Å². The summed E-state index contributed by atoms with van der Waals surface area (Å²) in [7, 11) is 0. The van der Waals surface area contributed by atoms with Crippen LogP contribution in [-0.4, -0.2) is 28.3 Å². The molecule has 2 atom stereocenters. The maximum atomic E-state index is 11.4. The Balaban J connectivity index is 1.75. The number of rotatable bonds is 3. The lowest BCUT2D eigenvalue weighted by Gasteiger charge is -2.10. The highest BCUT2D eigenvalue weighted by Crippen LogP contribution is 2.59. The van der Waals surface area contributed by atoms with Crippen LogP contribution in [0.25, 0.3) is 10.6 Å². The zero-order valence-corrected chi connectivity index (χ0v) is 13.2. The molecule has 1 saturated carbocycles. The SMILES string of the molecule is Cc1cnc(-c2cc(C(=O)O)cc(C3CC34CCCO4)c2)s1. The largest absolute Gasteiger partial charge is 0.478 e. The van der Waals surface area contributed by atoms with Crippen molar-refractivity contribution >= 4 is 17.3 Å². The van der Waals surface area contributed by atoms with Crippen LogP contribution in [0.2, 0.25) is 0 Å². The van der Waals surface area contributed by atoms with Crippen molar-refractivity contribution in [3.05, 3.63) is 40.4 Å². The van der Waals surface area contributed by atoms with E-state index in [-0.39, 0.29) is 5.60 Å². The Bertz CT molecular complexity index is 746. The van der Waals surface area contributed by atoms with E-state index in [2.05, 4.69) is 11.1 Å². The third-order valence-electron chi connectivity index (χ3n) is 4.63. The third kappa shape index (κ3) is 2.25. The summed E-state index contributed by atoms with van der Waals surface area (Å²) < 4.78 is 5.91. The molecule has 4 nitrogen and oxygen atoms in total. The van der Waals surface area contributed by atoms with Crippen molar-refractivity contribution in [3.63, 3.8) is 0 Å². The highest BCUT2D eigenvalue weighted by atomic mass is 32.1. The predicted molar refractivity (Wildman–Crippen MR) is 84.5 cm³/mol. The number of carboxylic acid groups (broad SMARTS) is 1. The molecule has 1 aliphatic heterocycles. The smallest absolute Gasteiger partial charge is 0.335 e. The summed E-state index contributed by atoms with van der Waals surface area (Å²) >= 11 is 1.59. The van der Waals surface area contributed by atoms with Gasteiger partial charge in [-0.1, -0.05) is 0 Å². The maximum absolute atomic E-state index is 11.4. The molecule has 2 aromatic rings. The van der Waals surface area contributed by atoms with Crippen molar-refractivity contribution in [2.24, 2.45) is 0 Å². The molecule has 2 unspecified atom stereocenters. The van der Waals surface area contributed by atoms with Gasteiger partial charge in [0.2, 0.25) is 0 Å². The number of carboxylic acids is 1. The van der Waals surface area contributed by atoms with E-state index in [1.807, 2.05) is 13.1 Å². The Morgan fingerprint density at radius 3 is 2.95 bits per heavy atom. The van der Waals surface area contributed by atoms with Gasteiger partial charge in [-0.15, -0.1) is 11.3 Å². The number of benzene rings is 1. The monoisotopic (exact) mass is 315 g/mol. The van der Waals surface area contributed by atoms with Gasteiger partial charge in [0.25, 0.3) is 0 Å². The first-order valence-electron chi connectivity index (χ1n) is 7.52. The van der Waals surface area contributed by atoms with E-state index in [4.69, 9.17) is 4.74 Å². The highest BCUT2D eigenvalue weighted by molar-refractivity contribution is 7.14. The number of hydrogen-bond acceptors (Lipinski definition) is 4. The number of aromatic nitrogens is 1. The molecule has 2 fully saturated rings. The Hall–Kier alpha value is -1.72. The van der Waals surface area contributed by atoms with E-state index in [1.54, 1.807) is 23.5 Å². The molecule has 2 heterocycles. The van der Waals surface area contributed by atoms with E-state index in [0.717, 1.165) is 46.9 Å². The van der Waals surface area contributed by atoms with Crippen molar-refractivity contribution in [2.45, 2.75) is 37.7 Å². The van der Waals surface area contributed by atoms with Crippen molar-refractivity contribution in [2.75, 3.05) is 6.61 Å². The van der Waals surface area contributed by atoms with Crippen LogP contribution in [0.1, 0.15) is 46.0 Å². The molecule has 0 amide bonds. The molecule has 5 heteroatoms. The first-order valence-corrected chi connectivity index (χ1v) is 8.34. The quantitative estimate of drug-likeness (QED) is 0.934. The normalized spacial score (nSPS) is 26.5. The lowest BCUT2D eigenvalue weighted by atomic mass is 10.00. The van der Waals surface area contributed by atoms with Crippen LogP contribution >= 0.6 is 11.3 Å². The molecule has 22 heavy (non-hydrogen) atoms. The summed E-state index contributed by atoms with van der Waals surface area (Å²) in [6, 6.07) is 5.61. The molecule has 1 spiro atoms. The number of thiazole rings is 1. The number of nitrogens with zero attached hydrogens (tertiary/aromatic N) is 1. The summed E-state index contributed by atoms with van der Waals surface area (Å²) in [5.41, 5.74) is 2.28. The molecule has 1 aliphatic carbocycles. The van der Waals surface area contributed by atoms with Gasteiger partial charge in [-0.05, 0) is 49.9 Å². The number of ether oxygens (including phenoxy) is 1. The van der Waals surface area contributed by atoms with E-state index in [9.17, 15) is 9.90 Å². The van der Waals surface area contributed by atoms with E-state index in [1.165, 1.54) is 0 Å². The van der Waals surface area contributed by atoms with Crippen LogP contribution in [0, 0.1) is 6.92 Å². The third-order valence-corrected chi connectivity index (χ3v) is 5.59. The van der Waals surface area contributed by atoms with Crippen LogP contribution in [0.4, 0.5) is 0 Å². The lowest BCUT2D eigenvalue weighted by Crippen LogP contribution is -2.09. The second-order valence-electron chi connectivity index (χ2n) is 6.20. The molecule has 0 radical (unpaired) electrons. The minimum atomic E-state index is -0.890. The Morgan fingerprint density at radius 1 is 1.45 bits per heavy atom. The van der Waals surface area contributed by atoms with Gasteiger partial charge in [0.15, 0.2) is 0 Å². The first kappa shape index (κ1) is 13.9. The highest BCUT2D eigenvalue weighted by Gasteiger charge is 2.57. The van der Waals surface area contributed by atoms with Crippen molar-refractivity contribution < 1.29 is 14.6 Å². The number of hydrogen-bond donors (Lipinski definition) is 1. The van der Waals surface area contributed by atoms with Gasteiger partial charge in [-0.2, -0.15) is 0 Å². The first-order chi connectivity index (χ1) is 10.6. The van der Waals surface area contributed by atoms with Crippen molar-refractivity contribution in [1.82, 2.24) is 4.98 Å². The molecule has 1 aromatic carbocycles. The van der Waals surface area contributed by atoms with Crippen LogP contribution in [0.5, 0.6) is 0 Å². The van der Waals surface area contributed by atoms with Crippen LogP contribution in [0.15, 0.2) is 24.4 Å². The van der Waals surface area contributed by atoms with E-state index in [0.29, 0.717) is 11.5 Å². The number of aromatic carboxylic acids is 1. The van der Waals surface area contributed by atoms with Gasteiger partial charge in [0, 0.05) is 29.2 Å². The minimum Gasteiger partial charge on any atom is -0.478 e. The molecule has 2 aliphatic rings. The Labute approximate surface area is 132 Å². The van der Waals surface area contributed by atoms with E-state index < -0.39 is 5.97 Å². The average Bonchev–Trinajstić information content (AvgIpc) is 2.83. The average molecular weight is 315 g/mol.